The van der Waals surface area contributed by atoms with E-state index in [0.717, 1.165) is 31.2 Å². The Kier molecular flexibility index (Phi) is 8.84. The van der Waals surface area contributed by atoms with E-state index in [1.54, 1.807) is 0 Å². The lowest BCUT2D eigenvalue weighted by Gasteiger charge is -2.34. The maximum Gasteiger partial charge on any atom is 0.243 e. The molecule has 0 aromatic heterocycles. The number of hydroxylamine groups is 2. The Morgan fingerprint density at radius 1 is 1.13 bits per heavy atom. The normalized spacial score (nSPS) is 16.9. The van der Waals surface area contributed by atoms with Crippen molar-refractivity contribution in [1.82, 2.24) is 15.7 Å². The van der Waals surface area contributed by atoms with Crippen LogP contribution < -0.4 is 10.6 Å². The topological polar surface area (TPSA) is 98.7 Å². The summed E-state index contributed by atoms with van der Waals surface area (Å²) in [6.07, 6.45) is 5.96. The van der Waals surface area contributed by atoms with Gasteiger partial charge in [-0.1, -0.05) is 70.4 Å². The second-order valence-corrected chi connectivity index (χ2v) is 9.27. The Balaban J connectivity index is 2.12. The molecular formula is C23H35N3O4. The van der Waals surface area contributed by atoms with E-state index in [1.807, 2.05) is 51.1 Å². The van der Waals surface area contributed by atoms with Crippen molar-refractivity contribution in [3.05, 3.63) is 35.9 Å². The van der Waals surface area contributed by atoms with Crippen LogP contribution in [0.3, 0.4) is 0 Å². The fraction of sp³-hybridized carbons (Fsp3) is 0.609. The smallest absolute Gasteiger partial charge is 0.243 e. The largest absolute Gasteiger partial charge is 0.352 e. The van der Waals surface area contributed by atoms with Crippen LogP contribution in [-0.4, -0.2) is 47.1 Å². The molecule has 2 atom stereocenters. The van der Waals surface area contributed by atoms with E-state index in [9.17, 15) is 19.6 Å². The fourth-order valence-electron chi connectivity index (χ4n) is 3.87. The highest BCUT2D eigenvalue weighted by atomic mass is 16.5. The lowest BCUT2D eigenvalue weighted by atomic mass is 9.84. The monoisotopic (exact) mass is 417 g/mol. The third-order valence-corrected chi connectivity index (χ3v) is 5.59. The summed E-state index contributed by atoms with van der Waals surface area (Å²) >= 11 is 0. The summed E-state index contributed by atoms with van der Waals surface area (Å²) in [6, 6.07) is 8.84. The molecule has 1 aliphatic carbocycles. The van der Waals surface area contributed by atoms with Crippen molar-refractivity contribution in [3.8, 4) is 0 Å². The molecule has 1 aromatic carbocycles. The summed E-state index contributed by atoms with van der Waals surface area (Å²) in [5.41, 5.74) is 0.422. The molecule has 0 spiro atoms. The van der Waals surface area contributed by atoms with Gasteiger partial charge in [-0.25, -0.2) is 5.06 Å². The second-order valence-electron chi connectivity index (χ2n) is 9.27. The molecule has 1 aromatic rings. The average molecular weight is 418 g/mol. The van der Waals surface area contributed by atoms with Crippen LogP contribution in [0.1, 0.15) is 58.4 Å². The minimum Gasteiger partial charge on any atom is -0.352 e. The number of nitrogens with one attached hydrogen (secondary N) is 2. The lowest BCUT2D eigenvalue weighted by molar-refractivity contribution is -0.155. The molecular weight excluding hydrogens is 382 g/mol. The first kappa shape index (κ1) is 23.9. The lowest BCUT2D eigenvalue weighted by Crippen LogP contribution is -2.57. The van der Waals surface area contributed by atoms with E-state index < -0.39 is 17.4 Å². The van der Waals surface area contributed by atoms with E-state index >= 15 is 0 Å². The predicted molar refractivity (Wildman–Crippen MR) is 115 cm³/mol. The Morgan fingerprint density at radius 3 is 2.33 bits per heavy atom. The molecule has 0 bridgehead atoms. The number of benzene rings is 1. The van der Waals surface area contributed by atoms with Gasteiger partial charge < -0.3 is 10.6 Å². The molecule has 0 heterocycles. The molecule has 0 saturated heterocycles. The summed E-state index contributed by atoms with van der Waals surface area (Å²) in [5, 5.41) is 16.1. The number of carbonyl (C=O) groups is 3. The number of hydrogen-bond acceptors (Lipinski definition) is 4. The van der Waals surface area contributed by atoms with E-state index in [2.05, 4.69) is 10.6 Å². The van der Waals surface area contributed by atoms with Crippen LogP contribution in [0.2, 0.25) is 0 Å². The first-order valence-corrected chi connectivity index (χ1v) is 10.8. The van der Waals surface area contributed by atoms with Gasteiger partial charge in [0.05, 0.1) is 12.5 Å². The van der Waals surface area contributed by atoms with Gasteiger partial charge >= 0.3 is 0 Å². The minimum atomic E-state index is -0.714. The molecule has 7 heteroatoms. The van der Waals surface area contributed by atoms with Gasteiger partial charge in [0.1, 0.15) is 6.04 Å². The zero-order chi connectivity index (χ0) is 22.1. The summed E-state index contributed by atoms with van der Waals surface area (Å²) in [4.78, 5) is 37.0. The Morgan fingerprint density at radius 2 is 1.77 bits per heavy atom. The van der Waals surface area contributed by atoms with E-state index in [4.69, 9.17) is 0 Å². The number of hydrogen-bond donors (Lipinski definition) is 3. The van der Waals surface area contributed by atoms with Crippen molar-refractivity contribution in [2.75, 3.05) is 6.54 Å². The van der Waals surface area contributed by atoms with Crippen LogP contribution in [-0.2, 0) is 20.8 Å². The second kappa shape index (κ2) is 11.1. The van der Waals surface area contributed by atoms with Gasteiger partial charge in [0, 0.05) is 6.04 Å². The highest BCUT2D eigenvalue weighted by Crippen LogP contribution is 2.23. The molecule has 1 aliphatic rings. The predicted octanol–water partition coefficient (Wildman–Crippen LogP) is 2.67. The van der Waals surface area contributed by atoms with Crippen molar-refractivity contribution >= 4 is 18.2 Å². The summed E-state index contributed by atoms with van der Waals surface area (Å²) in [5.74, 6) is -1.23. The molecule has 2 unspecified atom stereocenters. The fourth-order valence-corrected chi connectivity index (χ4v) is 3.87. The Bertz CT molecular complexity index is 696. The molecule has 2 rings (SSSR count). The van der Waals surface area contributed by atoms with Crippen LogP contribution in [0.5, 0.6) is 0 Å². The zero-order valence-corrected chi connectivity index (χ0v) is 18.3. The minimum absolute atomic E-state index is 0.147. The number of amides is 3. The van der Waals surface area contributed by atoms with Gasteiger partial charge in [-0.3, -0.25) is 19.6 Å². The molecule has 30 heavy (non-hydrogen) atoms. The van der Waals surface area contributed by atoms with Crippen molar-refractivity contribution in [2.45, 2.75) is 71.4 Å². The molecule has 166 valence electrons. The van der Waals surface area contributed by atoms with E-state index in [0.29, 0.717) is 11.5 Å². The van der Waals surface area contributed by atoms with Gasteiger partial charge in [0.25, 0.3) is 0 Å². The molecule has 7 nitrogen and oxygen atoms in total. The van der Waals surface area contributed by atoms with Crippen LogP contribution in [0.25, 0.3) is 0 Å². The quantitative estimate of drug-likeness (QED) is 0.327. The third-order valence-electron chi connectivity index (χ3n) is 5.59. The van der Waals surface area contributed by atoms with Gasteiger partial charge in [0.2, 0.25) is 18.2 Å². The zero-order valence-electron chi connectivity index (χ0n) is 18.3. The summed E-state index contributed by atoms with van der Waals surface area (Å²) in [7, 11) is 0. The van der Waals surface area contributed by atoms with E-state index in [-0.39, 0.29) is 30.8 Å². The standard InChI is InChI=1S/C23H35N3O4/c1-23(2,3)20(22(29)24-19-12-8-5-9-13-19)25-21(28)18(15-26(30)16-27)14-17-10-6-4-7-11-17/h4,6-7,10-11,16,18-20,30H,5,8-9,12-15H2,1-3H3,(H,24,29)(H,25,28). The molecule has 0 aliphatic heterocycles. The maximum absolute atomic E-state index is 13.1. The average Bonchev–Trinajstić information content (AvgIpc) is 2.71. The van der Waals surface area contributed by atoms with Crippen molar-refractivity contribution < 1.29 is 19.6 Å². The molecule has 1 fully saturated rings. The van der Waals surface area contributed by atoms with Crippen LogP contribution in [0.15, 0.2) is 30.3 Å². The van der Waals surface area contributed by atoms with Crippen LogP contribution >= 0.6 is 0 Å². The highest BCUT2D eigenvalue weighted by Gasteiger charge is 2.35. The Labute approximate surface area is 179 Å². The third kappa shape index (κ3) is 7.44. The van der Waals surface area contributed by atoms with Gasteiger partial charge in [0.15, 0.2) is 0 Å². The van der Waals surface area contributed by atoms with Crippen molar-refractivity contribution in [3.63, 3.8) is 0 Å². The molecule has 3 amide bonds. The van der Waals surface area contributed by atoms with Crippen LogP contribution in [0.4, 0.5) is 0 Å². The molecule has 3 N–H and O–H groups in total. The SMILES string of the molecule is CC(C)(C)C(NC(=O)C(Cc1ccccc1)CN(O)C=O)C(=O)NC1CCCCC1. The summed E-state index contributed by atoms with van der Waals surface area (Å²) in [6.45, 7) is 5.59. The van der Waals surface area contributed by atoms with Crippen molar-refractivity contribution in [1.29, 1.82) is 0 Å². The number of nitrogens with zero attached hydrogens (tertiary/aromatic N) is 1. The molecule has 0 radical (unpaired) electrons. The number of rotatable bonds is 9. The highest BCUT2D eigenvalue weighted by molar-refractivity contribution is 5.89. The van der Waals surface area contributed by atoms with E-state index in [1.165, 1.54) is 6.42 Å². The first-order chi connectivity index (χ1) is 14.2. The van der Waals surface area contributed by atoms with Gasteiger partial charge in [-0.05, 0) is 30.2 Å². The maximum atomic E-state index is 13.1. The molecule has 1 saturated carbocycles. The first-order valence-electron chi connectivity index (χ1n) is 10.8. The van der Waals surface area contributed by atoms with Gasteiger partial charge in [-0.2, -0.15) is 0 Å². The van der Waals surface area contributed by atoms with Crippen LogP contribution in [0, 0.1) is 11.3 Å². The Hall–Kier alpha value is -2.41. The summed E-state index contributed by atoms with van der Waals surface area (Å²) < 4.78 is 0. The van der Waals surface area contributed by atoms with Gasteiger partial charge in [-0.15, -0.1) is 0 Å². The van der Waals surface area contributed by atoms with Crippen molar-refractivity contribution in [2.24, 2.45) is 11.3 Å². The number of carbonyl (C=O) groups excluding carboxylic acids is 3.